The number of hydrogen-bond donors (Lipinski definition) is 2. The molecule has 0 aliphatic heterocycles. The van der Waals surface area contributed by atoms with Crippen LogP contribution in [0, 0.1) is 0 Å². The van der Waals surface area contributed by atoms with Crippen LogP contribution in [0.2, 0.25) is 0 Å². The highest BCUT2D eigenvalue weighted by Crippen LogP contribution is 2.26. The molecule has 0 aliphatic carbocycles. The fourth-order valence-electron chi connectivity index (χ4n) is 2.37. The van der Waals surface area contributed by atoms with E-state index in [0.29, 0.717) is 0 Å². The number of nitrogens with two attached hydrogens (primary N) is 2. The minimum atomic E-state index is -0.189. The van der Waals surface area contributed by atoms with Crippen molar-refractivity contribution >= 4 is 16.5 Å². The molecule has 0 heterocycles. The maximum absolute atomic E-state index is 6.33. The van der Waals surface area contributed by atoms with Crippen LogP contribution in [0.4, 0.5) is 5.69 Å². The largest absolute Gasteiger partial charge is 0.398 e. The van der Waals surface area contributed by atoms with E-state index in [0.717, 1.165) is 16.8 Å². The Morgan fingerprint density at radius 2 is 1.42 bits per heavy atom. The molecule has 0 radical (unpaired) electrons. The van der Waals surface area contributed by atoms with Crippen molar-refractivity contribution in [2.45, 2.75) is 6.04 Å². The lowest BCUT2D eigenvalue weighted by Crippen LogP contribution is -2.13. The van der Waals surface area contributed by atoms with Gasteiger partial charge in [-0.2, -0.15) is 0 Å². The fraction of sp³-hybridized carbons (Fsp3) is 0.0588. The molecule has 19 heavy (non-hydrogen) atoms. The van der Waals surface area contributed by atoms with Gasteiger partial charge in [0.15, 0.2) is 0 Å². The minimum absolute atomic E-state index is 0.189. The topological polar surface area (TPSA) is 52.0 Å². The molecular weight excluding hydrogens is 232 g/mol. The molecule has 3 aromatic carbocycles. The van der Waals surface area contributed by atoms with E-state index in [1.54, 1.807) is 0 Å². The molecule has 0 amide bonds. The van der Waals surface area contributed by atoms with Crippen molar-refractivity contribution in [3.63, 3.8) is 0 Å². The highest BCUT2D eigenvalue weighted by Gasteiger charge is 2.11. The van der Waals surface area contributed by atoms with Gasteiger partial charge in [0.1, 0.15) is 0 Å². The summed E-state index contributed by atoms with van der Waals surface area (Å²) in [7, 11) is 0. The molecule has 2 nitrogen and oxygen atoms in total. The molecule has 3 aromatic rings. The number of fused-ring (bicyclic) bond motifs is 1. The smallest absolute Gasteiger partial charge is 0.0572 e. The van der Waals surface area contributed by atoms with Crippen LogP contribution in [0.25, 0.3) is 10.8 Å². The summed E-state index contributed by atoms with van der Waals surface area (Å²) >= 11 is 0. The molecule has 0 saturated heterocycles. The molecule has 0 aliphatic rings. The number of para-hydroxylation sites is 1. The van der Waals surface area contributed by atoms with Gasteiger partial charge in [-0.3, -0.25) is 0 Å². The zero-order valence-corrected chi connectivity index (χ0v) is 10.6. The Hall–Kier alpha value is -2.32. The summed E-state index contributed by atoms with van der Waals surface area (Å²) in [5.74, 6) is 0. The van der Waals surface area contributed by atoms with Crippen molar-refractivity contribution in [2.24, 2.45) is 5.73 Å². The molecule has 94 valence electrons. The lowest BCUT2D eigenvalue weighted by atomic mass is 9.96. The second kappa shape index (κ2) is 4.75. The van der Waals surface area contributed by atoms with Crippen LogP contribution in [0.15, 0.2) is 66.7 Å². The van der Waals surface area contributed by atoms with Gasteiger partial charge < -0.3 is 11.5 Å². The molecule has 1 unspecified atom stereocenters. The Morgan fingerprint density at radius 1 is 0.737 bits per heavy atom. The summed E-state index contributed by atoms with van der Waals surface area (Å²) in [6.07, 6.45) is 0. The van der Waals surface area contributed by atoms with Gasteiger partial charge >= 0.3 is 0 Å². The quantitative estimate of drug-likeness (QED) is 0.682. The number of rotatable bonds is 2. The molecule has 0 fully saturated rings. The Bertz CT molecular complexity index is 719. The summed E-state index contributed by atoms with van der Waals surface area (Å²) in [4.78, 5) is 0. The average Bonchev–Trinajstić information content (AvgIpc) is 2.46. The predicted molar refractivity (Wildman–Crippen MR) is 80.8 cm³/mol. The van der Waals surface area contributed by atoms with Crippen LogP contribution in [-0.2, 0) is 0 Å². The monoisotopic (exact) mass is 248 g/mol. The van der Waals surface area contributed by atoms with Crippen molar-refractivity contribution in [1.29, 1.82) is 0 Å². The fourth-order valence-corrected chi connectivity index (χ4v) is 2.37. The summed E-state index contributed by atoms with van der Waals surface area (Å²) in [6.45, 7) is 0. The standard InChI is InChI=1S/C17H16N2/c18-16-8-4-3-7-15(16)17(19)14-10-9-12-5-1-2-6-13(12)11-14/h1-11,17H,18-19H2. The number of nitrogen functional groups attached to an aromatic ring is 1. The molecule has 3 rings (SSSR count). The van der Waals surface area contributed by atoms with Gasteiger partial charge in [-0.25, -0.2) is 0 Å². The molecule has 0 bridgehead atoms. The van der Waals surface area contributed by atoms with Crippen LogP contribution in [0.5, 0.6) is 0 Å². The van der Waals surface area contributed by atoms with Crippen molar-refractivity contribution < 1.29 is 0 Å². The molecule has 4 N–H and O–H groups in total. The normalized spacial score (nSPS) is 12.5. The third-order valence-electron chi connectivity index (χ3n) is 3.46. The van der Waals surface area contributed by atoms with E-state index in [9.17, 15) is 0 Å². The van der Waals surface area contributed by atoms with Crippen LogP contribution in [-0.4, -0.2) is 0 Å². The van der Waals surface area contributed by atoms with E-state index in [4.69, 9.17) is 11.5 Å². The van der Waals surface area contributed by atoms with Crippen molar-refractivity contribution in [1.82, 2.24) is 0 Å². The lowest BCUT2D eigenvalue weighted by molar-refractivity contribution is 0.876. The third-order valence-corrected chi connectivity index (χ3v) is 3.46. The van der Waals surface area contributed by atoms with Crippen LogP contribution in [0.1, 0.15) is 17.2 Å². The Labute approximate surface area is 112 Å². The van der Waals surface area contributed by atoms with E-state index in [2.05, 4.69) is 30.3 Å². The zero-order chi connectivity index (χ0) is 13.2. The first-order valence-electron chi connectivity index (χ1n) is 6.34. The Kier molecular flexibility index (Phi) is 2.94. The van der Waals surface area contributed by atoms with Crippen LogP contribution in [0.3, 0.4) is 0 Å². The first-order valence-corrected chi connectivity index (χ1v) is 6.34. The number of benzene rings is 3. The number of hydrogen-bond acceptors (Lipinski definition) is 2. The van der Waals surface area contributed by atoms with Gasteiger partial charge in [-0.05, 0) is 34.0 Å². The molecule has 0 spiro atoms. The molecule has 1 atom stereocenters. The first kappa shape index (κ1) is 11.8. The third kappa shape index (κ3) is 2.18. The lowest BCUT2D eigenvalue weighted by Gasteiger charge is -2.15. The van der Waals surface area contributed by atoms with Crippen molar-refractivity contribution in [3.05, 3.63) is 77.9 Å². The second-order valence-electron chi connectivity index (χ2n) is 4.71. The minimum Gasteiger partial charge on any atom is -0.398 e. The summed E-state index contributed by atoms with van der Waals surface area (Å²) in [5, 5.41) is 2.42. The Balaban J connectivity index is 2.07. The van der Waals surface area contributed by atoms with Gasteiger partial charge in [0, 0.05) is 5.69 Å². The first-order chi connectivity index (χ1) is 9.25. The van der Waals surface area contributed by atoms with Crippen LogP contribution < -0.4 is 11.5 Å². The van der Waals surface area contributed by atoms with Gasteiger partial charge in [-0.15, -0.1) is 0 Å². The van der Waals surface area contributed by atoms with E-state index in [1.807, 2.05) is 36.4 Å². The summed E-state index contributed by atoms with van der Waals surface area (Å²) in [5.41, 5.74) is 15.1. The number of anilines is 1. The van der Waals surface area contributed by atoms with Gasteiger partial charge in [0.25, 0.3) is 0 Å². The summed E-state index contributed by atoms with van der Waals surface area (Å²) < 4.78 is 0. The molecular formula is C17H16N2. The second-order valence-corrected chi connectivity index (χ2v) is 4.71. The molecule has 0 saturated carbocycles. The Morgan fingerprint density at radius 3 is 2.21 bits per heavy atom. The predicted octanol–water partition coefficient (Wildman–Crippen LogP) is 3.47. The summed E-state index contributed by atoms with van der Waals surface area (Å²) in [6, 6.07) is 22.1. The highest BCUT2D eigenvalue weighted by molar-refractivity contribution is 5.83. The van der Waals surface area contributed by atoms with Crippen molar-refractivity contribution in [2.75, 3.05) is 5.73 Å². The van der Waals surface area contributed by atoms with Crippen molar-refractivity contribution in [3.8, 4) is 0 Å². The van der Waals surface area contributed by atoms with E-state index >= 15 is 0 Å². The molecule has 2 heteroatoms. The van der Waals surface area contributed by atoms with Crippen LogP contribution >= 0.6 is 0 Å². The average molecular weight is 248 g/mol. The van der Waals surface area contributed by atoms with Gasteiger partial charge in [-0.1, -0.05) is 54.6 Å². The van der Waals surface area contributed by atoms with E-state index < -0.39 is 0 Å². The molecule has 0 aromatic heterocycles. The SMILES string of the molecule is Nc1ccccc1C(N)c1ccc2ccccc2c1. The zero-order valence-electron chi connectivity index (χ0n) is 10.6. The maximum atomic E-state index is 6.33. The van der Waals surface area contributed by atoms with Gasteiger partial charge in [0.2, 0.25) is 0 Å². The maximum Gasteiger partial charge on any atom is 0.0572 e. The van der Waals surface area contributed by atoms with E-state index in [1.165, 1.54) is 10.8 Å². The van der Waals surface area contributed by atoms with Gasteiger partial charge in [0.05, 0.1) is 6.04 Å². The highest BCUT2D eigenvalue weighted by atomic mass is 14.7. The van der Waals surface area contributed by atoms with E-state index in [-0.39, 0.29) is 6.04 Å².